The van der Waals surface area contributed by atoms with Gasteiger partial charge in [0.1, 0.15) is 0 Å². The van der Waals surface area contributed by atoms with Gasteiger partial charge in [0.15, 0.2) is 0 Å². The standard InChI is InChI=1S/C13H18Cl2N2/c14-11-5-4-10(13(15)7-11)8-16-9-12-3-1-2-6-17-12/h4-5,7,12,16-17H,1-3,6,8-9H2/t12-/m1/s1. The first-order chi connectivity index (χ1) is 8.25. The first-order valence-corrected chi connectivity index (χ1v) is 6.89. The van der Waals surface area contributed by atoms with Gasteiger partial charge in [-0.1, -0.05) is 35.7 Å². The summed E-state index contributed by atoms with van der Waals surface area (Å²) in [6.45, 7) is 2.95. The van der Waals surface area contributed by atoms with Crippen LogP contribution in [-0.4, -0.2) is 19.1 Å². The summed E-state index contributed by atoms with van der Waals surface area (Å²) in [7, 11) is 0. The lowest BCUT2D eigenvalue weighted by molar-refractivity contribution is 0.383. The zero-order chi connectivity index (χ0) is 12.1. The van der Waals surface area contributed by atoms with Crippen molar-refractivity contribution in [3.05, 3.63) is 33.8 Å². The molecule has 0 spiro atoms. The van der Waals surface area contributed by atoms with Crippen molar-refractivity contribution in [2.75, 3.05) is 13.1 Å². The maximum absolute atomic E-state index is 6.11. The fourth-order valence-corrected chi connectivity index (χ4v) is 2.62. The zero-order valence-corrected chi connectivity index (χ0v) is 11.3. The molecule has 17 heavy (non-hydrogen) atoms. The van der Waals surface area contributed by atoms with Crippen molar-refractivity contribution in [2.24, 2.45) is 0 Å². The fourth-order valence-electron chi connectivity index (χ4n) is 2.14. The molecule has 0 radical (unpaired) electrons. The Kier molecular flexibility index (Phi) is 5.11. The number of rotatable bonds is 4. The predicted molar refractivity (Wildman–Crippen MR) is 73.8 cm³/mol. The molecule has 1 aromatic rings. The van der Waals surface area contributed by atoms with Crippen molar-refractivity contribution < 1.29 is 0 Å². The number of benzene rings is 1. The van der Waals surface area contributed by atoms with Crippen molar-refractivity contribution in [1.82, 2.24) is 10.6 Å². The summed E-state index contributed by atoms with van der Waals surface area (Å²) < 4.78 is 0. The van der Waals surface area contributed by atoms with Crippen LogP contribution in [0.5, 0.6) is 0 Å². The van der Waals surface area contributed by atoms with Crippen LogP contribution >= 0.6 is 23.2 Å². The summed E-state index contributed by atoms with van der Waals surface area (Å²) in [6, 6.07) is 6.25. The number of hydrogen-bond donors (Lipinski definition) is 2. The van der Waals surface area contributed by atoms with Crippen molar-refractivity contribution in [3.63, 3.8) is 0 Å². The van der Waals surface area contributed by atoms with Crippen LogP contribution in [0, 0.1) is 0 Å². The van der Waals surface area contributed by atoms with E-state index in [-0.39, 0.29) is 0 Å². The Bertz CT molecular complexity index is 362. The number of piperidine rings is 1. The zero-order valence-electron chi connectivity index (χ0n) is 9.81. The Morgan fingerprint density at radius 3 is 2.88 bits per heavy atom. The highest BCUT2D eigenvalue weighted by atomic mass is 35.5. The summed E-state index contributed by atoms with van der Waals surface area (Å²) in [4.78, 5) is 0. The van der Waals surface area contributed by atoms with Gasteiger partial charge in [0, 0.05) is 29.2 Å². The van der Waals surface area contributed by atoms with E-state index in [0.717, 1.165) is 30.2 Å². The van der Waals surface area contributed by atoms with E-state index in [4.69, 9.17) is 23.2 Å². The van der Waals surface area contributed by atoms with Crippen molar-refractivity contribution >= 4 is 23.2 Å². The van der Waals surface area contributed by atoms with E-state index in [1.807, 2.05) is 12.1 Å². The van der Waals surface area contributed by atoms with Crippen LogP contribution in [0.2, 0.25) is 10.0 Å². The van der Waals surface area contributed by atoms with E-state index < -0.39 is 0 Å². The number of nitrogens with one attached hydrogen (secondary N) is 2. The van der Waals surface area contributed by atoms with Crippen molar-refractivity contribution in [1.29, 1.82) is 0 Å². The highest BCUT2D eigenvalue weighted by molar-refractivity contribution is 6.35. The van der Waals surface area contributed by atoms with Crippen LogP contribution in [0.15, 0.2) is 18.2 Å². The molecule has 2 N–H and O–H groups in total. The summed E-state index contributed by atoms with van der Waals surface area (Å²) >= 11 is 12.0. The lowest BCUT2D eigenvalue weighted by atomic mass is 10.1. The average Bonchev–Trinajstić information content (AvgIpc) is 2.33. The highest BCUT2D eigenvalue weighted by Gasteiger charge is 2.11. The molecular weight excluding hydrogens is 255 g/mol. The van der Waals surface area contributed by atoms with Crippen molar-refractivity contribution in [3.8, 4) is 0 Å². The van der Waals surface area contributed by atoms with Crippen LogP contribution in [0.3, 0.4) is 0 Å². The maximum Gasteiger partial charge on any atom is 0.0465 e. The second kappa shape index (κ2) is 6.60. The van der Waals surface area contributed by atoms with Gasteiger partial charge in [-0.2, -0.15) is 0 Å². The molecule has 0 saturated carbocycles. The molecular formula is C13H18Cl2N2. The lowest BCUT2D eigenvalue weighted by Crippen LogP contribution is -2.41. The van der Waals surface area contributed by atoms with Gasteiger partial charge in [-0.25, -0.2) is 0 Å². The minimum Gasteiger partial charge on any atom is -0.313 e. The van der Waals surface area contributed by atoms with Gasteiger partial charge < -0.3 is 10.6 Å². The molecule has 0 aliphatic carbocycles. The van der Waals surface area contributed by atoms with E-state index in [1.54, 1.807) is 6.07 Å². The van der Waals surface area contributed by atoms with E-state index in [1.165, 1.54) is 19.3 Å². The van der Waals surface area contributed by atoms with Gasteiger partial charge in [-0.3, -0.25) is 0 Å². The Morgan fingerprint density at radius 2 is 2.18 bits per heavy atom. The van der Waals surface area contributed by atoms with Gasteiger partial charge in [0.05, 0.1) is 0 Å². The van der Waals surface area contributed by atoms with Crippen LogP contribution in [0.1, 0.15) is 24.8 Å². The molecule has 2 rings (SSSR count). The average molecular weight is 273 g/mol. The van der Waals surface area contributed by atoms with E-state index in [9.17, 15) is 0 Å². The Labute approximate surface area is 113 Å². The number of hydrogen-bond acceptors (Lipinski definition) is 2. The van der Waals surface area contributed by atoms with Gasteiger partial charge in [0.2, 0.25) is 0 Å². The fraction of sp³-hybridized carbons (Fsp3) is 0.538. The molecule has 0 bridgehead atoms. The molecule has 1 aromatic carbocycles. The Balaban J connectivity index is 1.77. The SMILES string of the molecule is Clc1ccc(CNC[C@H]2CCCCN2)c(Cl)c1. The van der Waals surface area contributed by atoms with E-state index in [2.05, 4.69) is 10.6 Å². The van der Waals surface area contributed by atoms with E-state index >= 15 is 0 Å². The van der Waals surface area contributed by atoms with Gasteiger partial charge in [-0.15, -0.1) is 0 Å². The molecule has 1 fully saturated rings. The molecule has 1 heterocycles. The van der Waals surface area contributed by atoms with Crippen LogP contribution < -0.4 is 10.6 Å². The molecule has 1 aliphatic rings. The van der Waals surface area contributed by atoms with Gasteiger partial charge in [0.25, 0.3) is 0 Å². The van der Waals surface area contributed by atoms with Crippen molar-refractivity contribution in [2.45, 2.75) is 31.8 Å². The molecule has 0 aromatic heterocycles. The lowest BCUT2D eigenvalue weighted by Gasteiger charge is -2.23. The first kappa shape index (κ1) is 13.2. The van der Waals surface area contributed by atoms with Crippen LogP contribution in [0.4, 0.5) is 0 Å². The molecule has 94 valence electrons. The van der Waals surface area contributed by atoms with Crippen LogP contribution in [0.25, 0.3) is 0 Å². The van der Waals surface area contributed by atoms with Crippen LogP contribution in [-0.2, 0) is 6.54 Å². The topological polar surface area (TPSA) is 24.1 Å². The number of halogens is 2. The molecule has 0 unspecified atom stereocenters. The first-order valence-electron chi connectivity index (χ1n) is 6.14. The third-order valence-corrected chi connectivity index (χ3v) is 3.72. The molecule has 2 nitrogen and oxygen atoms in total. The monoisotopic (exact) mass is 272 g/mol. The quantitative estimate of drug-likeness (QED) is 0.880. The summed E-state index contributed by atoms with van der Waals surface area (Å²) in [5.74, 6) is 0. The minimum atomic E-state index is 0.606. The second-order valence-electron chi connectivity index (χ2n) is 4.51. The molecule has 1 aliphatic heterocycles. The summed E-state index contributed by atoms with van der Waals surface area (Å²) in [6.07, 6.45) is 3.90. The predicted octanol–water partition coefficient (Wildman–Crippen LogP) is 3.23. The molecule has 4 heteroatoms. The Hall–Kier alpha value is -0.280. The molecule has 1 atom stereocenters. The minimum absolute atomic E-state index is 0.606. The normalized spacial score (nSPS) is 20.5. The highest BCUT2D eigenvalue weighted by Crippen LogP contribution is 2.20. The second-order valence-corrected chi connectivity index (χ2v) is 5.36. The largest absolute Gasteiger partial charge is 0.313 e. The third-order valence-electron chi connectivity index (χ3n) is 3.13. The Morgan fingerprint density at radius 1 is 1.29 bits per heavy atom. The van der Waals surface area contributed by atoms with E-state index in [0.29, 0.717) is 11.1 Å². The maximum atomic E-state index is 6.11. The summed E-state index contributed by atoms with van der Waals surface area (Å²) in [5.41, 5.74) is 1.10. The molecule has 0 amide bonds. The third kappa shape index (κ3) is 4.14. The summed E-state index contributed by atoms with van der Waals surface area (Å²) in [5, 5.41) is 8.38. The smallest absolute Gasteiger partial charge is 0.0465 e. The van der Waals surface area contributed by atoms with Gasteiger partial charge >= 0.3 is 0 Å². The molecule has 1 saturated heterocycles. The van der Waals surface area contributed by atoms with Gasteiger partial charge in [-0.05, 0) is 37.1 Å².